The Morgan fingerprint density at radius 3 is 2.81 bits per heavy atom. The van der Waals surface area contributed by atoms with Crippen molar-refractivity contribution in [1.82, 2.24) is 5.32 Å². The first-order chi connectivity index (χ1) is 7.66. The number of nitriles is 1. The van der Waals surface area contributed by atoms with Gasteiger partial charge in [-0.2, -0.15) is 5.26 Å². The first kappa shape index (κ1) is 11.4. The van der Waals surface area contributed by atoms with E-state index in [4.69, 9.17) is 16.9 Å². The molecule has 84 valence electrons. The quantitative estimate of drug-likeness (QED) is 0.902. The summed E-state index contributed by atoms with van der Waals surface area (Å²) >= 11 is 7.23. The molecule has 0 aliphatic heterocycles. The molecule has 1 aliphatic rings. The zero-order chi connectivity index (χ0) is 11.6. The van der Waals surface area contributed by atoms with Crippen LogP contribution in [-0.4, -0.2) is 5.91 Å². The molecule has 16 heavy (non-hydrogen) atoms. The van der Waals surface area contributed by atoms with Gasteiger partial charge in [-0.05, 0) is 31.4 Å². The molecule has 1 aliphatic carbocycles. The molecule has 0 bridgehead atoms. The molecule has 1 aromatic heterocycles. The summed E-state index contributed by atoms with van der Waals surface area (Å²) in [5, 5.41) is 11.8. The van der Waals surface area contributed by atoms with Gasteiger partial charge in [-0.15, -0.1) is 11.3 Å². The predicted octanol–water partition coefficient (Wildman–Crippen LogP) is 2.71. The molecule has 0 aromatic carbocycles. The van der Waals surface area contributed by atoms with Crippen LogP contribution in [0.15, 0.2) is 12.1 Å². The first-order valence-electron chi connectivity index (χ1n) is 5.10. The molecular formula is C11H11ClN2OS. The van der Waals surface area contributed by atoms with E-state index in [1.807, 2.05) is 6.07 Å². The number of nitrogens with zero attached hydrogens (tertiary/aromatic N) is 1. The molecule has 1 N–H and O–H groups in total. The van der Waals surface area contributed by atoms with Crippen LogP contribution in [0.4, 0.5) is 0 Å². The summed E-state index contributed by atoms with van der Waals surface area (Å²) in [6.45, 7) is 0.458. The Morgan fingerprint density at radius 2 is 2.38 bits per heavy atom. The standard InChI is InChI=1S/C11H11ClN2OS/c12-9-3-2-8(16-9)6-14-10(15)11(7-13)4-1-5-11/h2-3H,1,4-6H2,(H,14,15). The minimum atomic E-state index is -0.763. The Balaban J connectivity index is 1.91. The highest BCUT2D eigenvalue weighted by Crippen LogP contribution is 2.40. The van der Waals surface area contributed by atoms with Gasteiger partial charge in [-0.1, -0.05) is 11.6 Å². The summed E-state index contributed by atoms with van der Waals surface area (Å²) in [7, 11) is 0. The second kappa shape index (κ2) is 4.44. The number of hydrogen-bond acceptors (Lipinski definition) is 3. The van der Waals surface area contributed by atoms with Gasteiger partial charge >= 0.3 is 0 Å². The van der Waals surface area contributed by atoms with Gasteiger partial charge in [0.2, 0.25) is 5.91 Å². The molecule has 0 radical (unpaired) electrons. The Morgan fingerprint density at radius 1 is 1.62 bits per heavy atom. The van der Waals surface area contributed by atoms with Gasteiger partial charge in [0, 0.05) is 4.88 Å². The first-order valence-corrected chi connectivity index (χ1v) is 6.29. The zero-order valence-corrected chi connectivity index (χ0v) is 10.2. The summed E-state index contributed by atoms with van der Waals surface area (Å²) in [5.74, 6) is -0.147. The lowest BCUT2D eigenvalue weighted by Gasteiger charge is -2.33. The van der Waals surface area contributed by atoms with E-state index in [0.29, 0.717) is 23.7 Å². The molecule has 1 fully saturated rings. The van der Waals surface area contributed by atoms with Crippen LogP contribution in [0.5, 0.6) is 0 Å². The monoisotopic (exact) mass is 254 g/mol. The van der Waals surface area contributed by atoms with Crippen molar-refractivity contribution in [3.8, 4) is 6.07 Å². The van der Waals surface area contributed by atoms with Crippen molar-refractivity contribution in [1.29, 1.82) is 5.26 Å². The molecule has 0 unspecified atom stereocenters. The summed E-state index contributed by atoms with van der Waals surface area (Å²) in [5.41, 5.74) is -0.763. The maximum atomic E-state index is 11.8. The van der Waals surface area contributed by atoms with E-state index in [-0.39, 0.29) is 5.91 Å². The number of nitrogens with one attached hydrogen (secondary N) is 1. The lowest BCUT2D eigenvalue weighted by atomic mass is 9.69. The van der Waals surface area contributed by atoms with Gasteiger partial charge in [0.1, 0.15) is 5.41 Å². The molecule has 3 nitrogen and oxygen atoms in total. The molecule has 2 rings (SSSR count). The molecule has 1 saturated carbocycles. The van der Waals surface area contributed by atoms with Crippen molar-refractivity contribution in [3.63, 3.8) is 0 Å². The highest BCUT2D eigenvalue weighted by molar-refractivity contribution is 7.16. The van der Waals surface area contributed by atoms with Gasteiger partial charge in [0.15, 0.2) is 0 Å². The molecule has 1 aromatic rings. The highest BCUT2D eigenvalue weighted by atomic mass is 35.5. The van der Waals surface area contributed by atoms with E-state index >= 15 is 0 Å². The molecule has 1 amide bonds. The highest BCUT2D eigenvalue weighted by Gasteiger charge is 2.44. The minimum absolute atomic E-state index is 0.147. The van der Waals surface area contributed by atoms with Crippen LogP contribution in [-0.2, 0) is 11.3 Å². The van der Waals surface area contributed by atoms with Crippen molar-refractivity contribution in [2.75, 3.05) is 0 Å². The van der Waals surface area contributed by atoms with Crippen LogP contribution < -0.4 is 5.32 Å². The number of hydrogen-bond donors (Lipinski definition) is 1. The molecule has 0 spiro atoms. The smallest absolute Gasteiger partial charge is 0.240 e. The van der Waals surface area contributed by atoms with E-state index in [1.165, 1.54) is 11.3 Å². The third-order valence-electron chi connectivity index (χ3n) is 2.91. The van der Waals surface area contributed by atoms with Crippen LogP contribution in [0, 0.1) is 16.7 Å². The van der Waals surface area contributed by atoms with Crippen LogP contribution in [0.3, 0.4) is 0 Å². The summed E-state index contributed by atoms with van der Waals surface area (Å²) in [6.07, 6.45) is 2.33. The normalized spacial score (nSPS) is 17.2. The van der Waals surface area contributed by atoms with Crippen molar-refractivity contribution < 1.29 is 4.79 Å². The largest absolute Gasteiger partial charge is 0.350 e. The SMILES string of the molecule is N#CC1(C(=O)NCc2ccc(Cl)s2)CCC1. The maximum absolute atomic E-state index is 11.8. The lowest BCUT2D eigenvalue weighted by molar-refractivity contribution is -0.131. The van der Waals surface area contributed by atoms with E-state index in [2.05, 4.69) is 11.4 Å². The summed E-state index contributed by atoms with van der Waals surface area (Å²) in [6, 6.07) is 5.81. The Labute approximate surface area is 103 Å². The van der Waals surface area contributed by atoms with Gasteiger partial charge < -0.3 is 5.32 Å². The Kier molecular flexibility index (Phi) is 3.17. The third kappa shape index (κ3) is 2.06. The van der Waals surface area contributed by atoms with E-state index in [1.54, 1.807) is 6.07 Å². The average molecular weight is 255 g/mol. The minimum Gasteiger partial charge on any atom is -0.350 e. The molecule has 5 heteroatoms. The molecular weight excluding hydrogens is 244 g/mol. The fraction of sp³-hybridized carbons (Fsp3) is 0.455. The van der Waals surface area contributed by atoms with Crippen LogP contribution in [0.2, 0.25) is 4.34 Å². The summed E-state index contributed by atoms with van der Waals surface area (Å²) < 4.78 is 0.711. The van der Waals surface area contributed by atoms with Crippen molar-refractivity contribution >= 4 is 28.8 Å². The van der Waals surface area contributed by atoms with Gasteiger partial charge in [-0.25, -0.2) is 0 Å². The summed E-state index contributed by atoms with van der Waals surface area (Å²) in [4.78, 5) is 12.8. The van der Waals surface area contributed by atoms with E-state index in [9.17, 15) is 4.79 Å². The Bertz CT molecular complexity index is 445. The number of amides is 1. The predicted molar refractivity (Wildman–Crippen MR) is 63.1 cm³/mol. The number of halogens is 1. The van der Waals surface area contributed by atoms with E-state index < -0.39 is 5.41 Å². The van der Waals surface area contributed by atoms with Crippen LogP contribution in [0.25, 0.3) is 0 Å². The Hall–Kier alpha value is -1.05. The van der Waals surface area contributed by atoms with Gasteiger partial charge in [-0.3, -0.25) is 4.79 Å². The molecule has 0 atom stereocenters. The second-order valence-electron chi connectivity index (χ2n) is 3.94. The molecule has 0 saturated heterocycles. The number of thiophene rings is 1. The third-order valence-corrected chi connectivity index (χ3v) is 4.14. The van der Waals surface area contributed by atoms with Crippen LogP contribution >= 0.6 is 22.9 Å². The maximum Gasteiger partial charge on any atom is 0.240 e. The van der Waals surface area contributed by atoms with Crippen molar-refractivity contribution in [2.24, 2.45) is 5.41 Å². The number of carbonyl (C=O) groups excluding carboxylic acids is 1. The zero-order valence-electron chi connectivity index (χ0n) is 8.62. The number of rotatable bonds is 3. The second-order valence-corrected chi connectivity index (χ2v) is 5.74. The number of carbonyl (C=O) groups is 1. The van der Waals surface area contributed by atoms with E-state index in [0.717, 1.165) is 11.3 Å². The average Bonchev–Trinajstić information content (AvgIpc) is 2.60. The fourth-order valence-electron chi connectivity index (χ4n) is 1.70. The van der Waals surface area contributed by atoms with Crippen molar-refractivity contribution in [3.05, 3.63) is 21.3 Å². The van der Waals surface area contributed by atoms with Gasteiger partial charge in [0.25, 0.3) is 0 Å². The van der Waals surface area contributed by atoms with Gasteiger partial charge in [0.05, 0.1) is 17.0 Å². The van der Waals surface area contributed by atoms with Crippen LogP contribution in [0.1, 0.15) is 24.1 Å². The van der Waals surface area contributed by atoms with Crippen molar-refractivity contribution in [2.45, 2.75) is 25.8 Å². The topological polar surface area (TPSA) is 52.9 Å². The fourth-order valence-corrected chi connectivity index (χ4v) is 2.73. The molecule has 1 heterocycles. The lowest BCUT2D eigenvalue weighted by Crippen LogP contribution is -2.44.